The van der Waals surface area contributed by atoms with Gasteiger partial charge in [-0.2, -0.15) is 0 Å². The van der Waals surface area contributed by atoms with E-state index in [1.807, 2.05) is 18.2 Å². The van der Waals surface area contributed by atoms with E-state index in [-0.39, 0.29) is 23.8 Å². The Labute approximate surface area is 172 Å². The summed E-state index contributed by atoms with van der Waals surface area (Å²) in [4.78, 5) is 12.2. The second kappa shape index (κ2) is 11.4. The molecule has 7 nitrogen and oxygen atoms in total. The zero-order valence-corrected chi connectivity index (χ0v) is 17.6. The van der Waals surface area contributed by atoms with Gasteiger partial charge >= 0.3 is 0 Å². The predicted molar refractivity (Wildman–Crippen MR) is 111 cm³/mol. The van der Waals surface area contributed by atoms with Crippen LogP contribution in [-0.4, -0.2) is 34.6 Å². The number of sulfonamides is 1. The second-order valence-electron chi connectivity index (χ2n) is 6.42. The van der Waals surface area contributed by atoms with Crippen molar-refractivity contribution in [3.05, 3.63) is 54.1 Å². The van der Waals surface area contributed by atoms with Crippen LogP contribution in [0.3, 0.4) is 0 Å². The van der Waals surface area contributed by atoms with Gasteiger partial charge in [0.25, 0.3) is 0 Å². The number of unbranched alkanes of at least 4 members (excludes halogenated alkanes) is 1. The second-order valence-corrected chi connectivity index (χ2v) is 8.19. The van der Waals surface area contributed by atoms with Gasteiger partial charge in [0, 0.05) is 19.5 Å². The number of amides is 1. The molecule has 0 aliphatic heterocycles. The van der Waals surface area contributed by atoms with E-state index in [1.54, 1.807) is 25.3 Å². The van der Waals surface area contributed by atoms with Gasteiger partial charge in [-0.05, 0) is 36.2 Å². The van der Waals surface area contributed by atoms with Gasteiger partial charge in [-0.25, -0.2) is 13.1 Å². The molecule has 0 unspecified atom stereocenters. The monoisotopic (exact) mass is 420 g/mol. The molecule has 0 aliphatic rings. The average Bonchev–Trinajstić information content (AvgIpc) is 2.73. The minimum Gasteiger partial charge on any atom is -0.493 e. The van der Waals surface area contributed by atoms with Crippen LogP contribution in [0.2, 0.25) is 0 Å². The third-order valence-electron chi connectivity index (χ3n) is 4.17. The molecule has 8 heteroatoms. The van der Waals surface area contributed by atoms with Gasteiger partial charge in [-0.3, -0.25) is 4.79 Å². The molecule has 2 aromatic carbocycles. The summed E-state index contributed by atoms with van der Waals surface area (Å²) in [5.74, 6) is 1.04. The average molecular weight is 421 g/mol. The summed E-state index contributed by atoms with van der Waals surface area (Å²) in [7, 11) is -2.03. The van der Waals surface area contributed by atoms with Crippen molar-refractivity contribution in [3.8, 4) is 11.5 Å². The topological polar surface area (TPSA) is 93.7 Å². The third-order valence-corrected chi connectivity index (χ3v) is 5.65. The number of methoxy groups -OCH3 is 1. The number of hydrogen-bond acceptors (Lipinski definition) is 5. The first-order chi connectivity index (χ1) is 14.0. The highest BCUT2D eigenvalue weighted by atomic mass is 32.2. The smallest absolute Gasteiger partial charge is 0.240 e. The van der Waals surface area contributed by atoms with Gasteiger partial charge in [0.15, 0.2) is 11.5 Å². The van der Waals surface area contributed by atoms with Crippen LogP contribution in [0, 0.1) is 0 Å². The van der Waals surface area contributed by atoms with Crippen LogP contribution in [-0.2, 0) is 21.4 Å². The van der Waals surface area contributed by atoms with Crippen molar-refractivity contribution in [2.45, 2.75) is 37.6 Å². The van der Waals surface area contributed by atoms with E-state index in [2.05, 4.69) is 17.0 Å². The van der Waals surface area contributed by atoms with E-state index in [4.69, 9.17) is 9.47 Å². The third kappa shape index (κ3) is 7.40. The number of rotatable bonds is 12. The highest BCUT2D eigenvalue weighted by molar-refractivity contribution is 7.89. The van der Waals surface area contributed by atoms with Crippen molar-refractivity contribution in [1.29, 1.82) is 0 Å². The number of carbonyl (C=O) groups excluding carboxylic acids is 1. The minimum atomic E-state index is -3.61. The molecule has 0 radical (unpaired) electrons. The molecule has 158 valence electrons. The lowest BCUT2D eigenvalue weighted by Crippen LogP contribution is -2.30. The molecule has 2 rings (SSSR count). The first kappa shape index (κ1) is 22.7. The van der Waals surface area contributed by atoms with Crippen LogP contribution in [0.1, 0.15) is 31.7 Å². The summed E-state index contributed by atoms with van der Waals surface area (Å²) < 4.78 is 37.7. The Morgan fingerprint density at radius 1 is 1.07 bits per heavy atom. The van der Waals surface area contributed by atoms with Gasteiger partial charge in [0.1, 0.15) is 0 Å². The molecule has 0 spiro atoms. The van der Waals surface area contributed by atoms with Gasteiger partial charge in [0.2, 0.25) is 15.9 Å². The molecular weight excluding hydrogens is 392 g/mol. The summed E-state index contributed by atoms with van der Waals surface area (Å²) in [6, 6.07) is 13.6. The summed E-state index contributed by atoms with van der Waals surface area (Å²) in [5.41, 5.74) is 0.864. The molecule has 2 N–H and O–H groups in total. The summed E-state index contributed by atoms with van der Waals surface area (Å²) in [6.45, 7) is 3.06. The number of ether oxygens (including phenoxy) is 2. The maximum atomic E-state index is 12.1. The molecule has 0 heterocycles. The van der Waals surface area contributed by atoms with Crippen LogP contribution in [0.4, 0.5) is 0 Å². The fraction of sp³-hybridized carbons (Fsp3) is 0.381. The maximum absolute atomic E-state index is 12.1. The van der Waals surface area contributed by atoms with Crippen LogP contribution in [0.25, 0.3) is 0 Å². The van der Waals surface area contributed by atoms with Crippen molar-refractivity contribution in [1.82, 2.24) is 10.0 Å². The summed E-state index contributed by atoms with van der Waals surface area (Å²) >= 11 is 0. The molecule has 0 atom stereocenters. The maximum Gasteiger partial charge on any atom is 0.240 e. The molecule has 0 saturated carbocycles. The molecular formula is C21H28N2O5S. The molecule has 29 heavy (non-hydrogen) atoms. The molecule has 2 aromatic rings. The number of hydrogen-bond donors (Lipinski definition) is 2. The van der Waals surface area contributed by atoms with Crippen molar-refractivity contribution >= 4 is 15.9 Å². The highest BCUT2D eigenvalue weighted by Crippen LogP contribution is 2.28. The van der Waals surface area contributed by atoms with Crippen molar-refractivity contribution in [2.24, 2.45) is 0 Å². The van der Waals surface area contributed by atoms with Gasteiger partial charge in [0.05, 0.1) is 18.6 Å². The standard InChI is InChI=1S/C21H28N2O5S/c1-3-4-14-28-19-11-10-17(15-20(19)27-2)16-22-21(24)12-13-23-29(25,26)18-8-6-5-7-9-18/h5-11,15,23H,3-4,12-14,16H2,1-2H3,(H,22,24). The van der Waals surface area contributed by atoms with Crippen LogP contribution < -0.4 is 19.5 Å². The Morgan fingerprint density at radius 3 is 2.52 bits per heavy atom. The van der Waals surface area contributed by atoms with Crippen LogP contribution in [0.15, 0.2) is 53.4 Å². The predicted octanol–water partition coefficient (Wildman–Crippen LogP) is 2.86. The normalized spacial score (nSPS) is 11.1. The lowest BCUT2D eigenvalue weighted by Gasteiger charge is -2.12. The lowest BCUT2D eigenvalue weighted by atomic mass is 10.2. The Bertz CT molecular complexity index is 885. The Kier molecular flexibility index (Phi) is 8.95. The lowest BCUT2D eigenvalue weighted by molar-refractivity contribution is -0.121. The first-order valence-electron chi connectivity index (χ1n) is 9.57. The SMILES string of the molecule is CCCCOc1ccc(CNC(=O)CCNS(=O)(=O)c2ccccc2)cc1OC. The number of benzene rings is 2. The van der Waals surface area contributed by atoms with E-state index < -0.39 is 10.0 Å². The molecule has 0 saturated heterocycles. The minimum absolute atomic E-state index is 0.0244. The molecule has 1 amide bonds. The molecule has 0 bridgehead atoms. The van der Waals surface area contributed by atoms with Crippen molar-refractivity contribution in [2.75, 3.05) is 20.3 Å². The number of nitrogens with one attached hydrogen (secondary N) is 2. The fourth-order valence-corrected chi connectivity index (χ4v) is 3.59. The Morgan fingerprint density at radius 2 is 1.83 bits per heavy atom. The van der Waals surface area contributed by atoms with Crippen molar-refractivity contribution < 1.29 is 22.7 Å². The number of carbonyl (C=O) groups is 1. The van der Waals surface area contributed by atoms with Gasteiger partial charge < -0.3 is 14.8 Å². The highest BCUT2D eigenvalue weighted by Gasteiger charge is 2.13. The van der Waals surface area contributed by atoms with Crippen LogP contribution in [0.5, 0.6) is 11.5 Å². The van der Waals surface area contributed by atoms with Crippen molar-refractivity contribution in [3.63, 3.8) is 0 Å². The first-order valence-corrected chi connectivity index (χ1v) is 11.1. The zero-order chi connectivity index (χ0) is 21.1. The quantitative estimate of drug-likeness (QED) is 0.515. The Hall–Kier alpha value is -2.58. The largest absolute Gasteiger partial charge is 0.493 e. The molecule has 0 fully saturated rings. The van der Waals surface area contributed by atoms with Gasteiger partial charge in [-0.15, -0.1) is 0 Å². The van der Waals surface area contributed by atoms with Gasteiger partial charge in [-0.1, -0.05) is 37.6 Å². The van der Waals surface area contributed by atoms with E-state index in [0.29, 0.717) is 24.7 Å². The zero-order valence-electron chi connectivity index (χ0n) is 16.8. The van der Waals surface area contributed by atoms with E-state index in [1.165, 1.54) is 12.1 Å². The summed E-state index contributed by atoms with van der Waals surface area (Å²) in [5, 5.41) is 2.78. The fourth-order valence-electron chi connectivity index (χ4n) is 2.54. The van der Waals surface area contributed by atoms with E-state index >= 15 is 0 Å². The van der Waals surface area contributed by atoms with E-state index in [9.17, 15) is 13.2 Å². The molecule has 0 aromatic heterocycles. The summed E-state index contributed by atoms with van der Waals surface area (Å²) in [6.07, 6.45) is 2.06. The van der Waals surface area contributed by atoms with Crippen LogP contribution >= 0.6 is 0 Å². The Balaban J connectivity index is 1.80. The van der Waals surface area contributed by atoms with E-state index in [0.717, 1.165) is 18.4 Å². The molecule has 0 aliphatic carbocycles.